The fraction of sp³-hybridized carbons (Fsp3) is 0.636. The summed E-state index contributed by atoms with van der Waals surface area (Å²) in [6.07, 6.45) is 2.02. The van der Waals surface area contributed by atoms with Crippen molar-refractivity contribution >= 4 is 21.4 Å². The molecular formula is C22H31N3OS. The van der Waals surface area contributed by atoms with Gasteiger partial charge in [0.05, 0.1) is 6.10 Å². The van der Waals surface area contributed by atoms with Gasteiger partial charge in [0.15, 0.2) is 0 Å². The van der Waals surface area contributed by atoms with Crippen LogP contribution in [0.5, 0.6) is 0 Å². The van der Waals surface area contributed by atoms with Crippen LogP contribution in [-0.2, 0) is 6.54 Å². The average molecular weight is 386 g/mol. The van der Waals surface area contributed by atoms with Crippen molar-refractivity contribution in [1.29, 1.82) is 0 Å². The van der Waals surface area contributed by atoms with E-state index in [0.717, 1.165) is 51.6 Å². The molecule has 4 nitrogen and oxygen atoms in total. The van der Waals surface area contributed by atoms with Gasteiger partial charge in [-0.25, -0.2) is 0 Å². The fourth-order valence-electron chi connectivity index (χ4n) is 5.58. The fourth-order valence-corrected chi connectivity index (χ4v) is 6.53. The summed E-state index contributed by atoms with van der Waals surface area (Å²) >= 11 is 1.87. The van der Waals surface area contributed by atoms with E-state index in [4.69, 9.17) is 0 Å². The van der Waals surface area contributed by atoms with Crippen molar-refractivity contribution in [2.75, 3.05) is 46.3 Å². The van der Waals surface area contributed by atoms with Crippen molar-refractivity contribution in [1.82, 2.24) is 14.7 Å². The van der Waals surface area contributed by atoms with Gasteiger partial charge >= 0.3 is 0 Å². The number of benzene rings is 1. The Morgan fingerprint density at radius 1 is 1.04 bits per heavy atom. The van der Waals surface area contributed by atoms with E-state index in [-0.39, 0.29) is 6.10 Å². The Morgan fingerprint density at radius 3 is 2.59 bits per heavy atom. The number of hydrogen-bond donors (Lipinski definition) is 1. The molecule has 1 aromatic carbocycles. The standard InChI is InChI=1S/C22H31N3OS/c1-23-6-8-25(9-7-23)20-10-16-12-24(13-17(16)11-21(20)26)14-18-15-27-22-5-3-2-4-19(18)22/h2-5,15-17,20-21,26H,6-14H2,1H3/t16-,17+,20-,21-/m1/s1. The highest BCUT2D eigenvalue weighted by molar-refractivity contribution is 7.17. The van der Waals surface area contributed by atoms with Gasteiger partial charge in [0, 0.05) is 56.6 Å². The van der Waals surface area contributed by atoms with Gasteiger partial charge in [0.2, 0.25) is 0 Å². The number of likely N-dealkylation sites (N-methyl/N-ethyl adjacent to an activating group) is 1. The summed E-state index contributed by atoms with van der Waals surface area (Å²) < 4.78 is 1.40. The molecule has 2 aromatic rings. The third-order valence-corrected chi connectivity index (χ3v) is 8.16. The van der Waals surface area contributed by atoms with Gasteiger partial charge in [-0.15, -0.1) is 11.3 Å². The molecule has 0 unspecified atom stereocenters. The van der Waals surface area contributed by atoms with E-state index in [1.807, 2.05) is 11.3 Å². The van der Waals surface area contributed by atoms with Crippen LogP contribution in [0.1, 0.15) is 18.4 Å². The summed E-state index contributed by atoms with van der Waals surface area (Å²) in [6, 6.07) is 9.15. The van der Waals surface area contributed by atoms with Gasteiger partial charge in [-0.3, -0.25) is 9.80 Å². The predicted octanol–water partition coefficient (Wildman–Crippen LogP) is 2.72. The van der Waals surface area contributed by atoms with Crippen molar-refractivity contribution in [2.45, 2.75) is 31.5 Å². The molecule has 27 heavy (non-hydrogen) atoms. The summed E-state index contributed by atoms with van der Waals surface area (Å²) in [5.41, 5.74) is 1.48. The molecule has 5 rings (SSSR count). The number of fused-ring (bicyclic) bond motifs is 2. The zero-order valence-corrected chi connectivity index (χ0v) is 17.1. The van der Waals surface area contributed by atoms with E-state index in [1.165, 1.54) is 28.6 Å². The molecule has 0 bridgehead atoms. The number of thiophene rings is 1. The average Bonchev–Trinajstić information content (AvgIpc) is 3.26. The first-order chi connectivity index (χ1) is 13.2. The summed E-state index contributed by atoms with van der Waals surface area (Å²) in [4.78, 5) is 7.61. The molecule has 1 aromatic heterocycles. The minimum absolute atomic E-state index is 0.142. The van der Waals surface area contributed by atoms with E-state index >= 15 is 0 Å². The first-order valence-corrected chi connectivity index (χ1v) is 11.3. The first kappa shape index (κ1) is 18.1. The molecule has 0 amide bonds. The molecule has 1 saturated carbocycles. The molecule has 1 N–H and O–H groups in total. The van der Waals surface area contributed by atoms with E-state index in [0.29, 0.717) is 12.0 Å². The molecule has 2 aliphatic heterocycles. The summed E-state index contributed by atoms with van der Waals surface area (Å²) in [5.74, 6) is 1.43. The highest BCUT2D eigenvalue weighted by Gasteiger charge is 2.43. The van der Waals surface area contributed by atoms with Gasteiger partial charge in [0.25, 0.3) is 0 Å². The highest BCUT2D eigenvalue weighted by Crippen LogP contribution is 2.39. The second kappa shape index (κ2) is 7.45. The monoisotopic (exact) mass is 385 g/mol. The van der Waals surface area contributed by atoms with Crippen molar-refractivity contribution in [3.8, 4) is 0 Å². The topological polar surface area (TPSA) is 30.0 Å². The van der Waals surface area contributed by atoms with Gasteiger partial charge in [-0.05, 0) is 54.1 Å². The Kier molecular flexibility index (Phi) is 4.99. The molecule has 3 aliphatic rings. The molecule has 3 fully saturated rings. The van der Waals surface area contributed by atoms with Crippen LogP contribution < -0.4 is 0 Å². The second-order valence-corrected chi connectivity index (χ2v) is 9.83. The number of likely N-dealkylation sites (tertiary alicyclic amines) is 1. The Morgan fingerprint density at radius 2 is 1.78 bits per heavy atom. The summed E-state index contributed by atoms with van der Waals surface area (Å²) in [7, 11) is 2.20. The lowest BCUT2D eigenvalue weighted by Crippen LogP contribution is -2.55. The summed E-state index contributed by atoms with van der Waals surface area (Å²) in [5, 5.41) is 14.6. The highest BCUT2D eigenvalue weighted by atomic mass is 32.1. The van der Waals surface area contributed by atoms with Gasteiger partial charge in [0.1, 0.15) is 0 Å². The minimum Gasteiger partial charge on any atom is -0.391 e. The first-order valence-electron chi connectivity index (χ1n) is 10.5. The third kappa shape index (κ3) is 3.56. The van der Waals surface area contributed by atoms with E-state index in [9.17, 15) is 5.11 Å². The van der Waals surface area contributed by atoms with Crippen LogP contribution in [0.15, 0.2) is 29.6 Å². The third-order valence-electron chi connectivity index (χ3n) is 7.15. The lowest BCUT2D eigenvalue weighted by Gasteiger charge is -2.44. The van der Waals surface area contributed by atoms with Gasteiger partial charge in [-0.1, -0.05) is 18.2 Å². The quantitative estimate of drug-likeness (QED) is 0.880. The summed E-state index contributed by atoms with van der Waals surface area (Å²) in [6.45, 7) is 7.91. The Hall–Kier alpha value is -0.980. The smallest absolute Gasteiger partial charge is 0.0698 e. The number of rotatable bonds is 3. The van der Waals surface area contributed by atoms with Crippen LogP contribution in [0.2, 0.25) is 0 Å². The van der Waals surface area contributed by atoms with Crippen LogP contribution in [0.4, 0.5) is 0 Å². The Labute approximate surface area is 166 Å². The number of aliphatic hydroxyl groups is 1. The maximum absolute atomic E-state index is 10.8. The number of nitrogens with zero attached hydrogens (tertiary/aromatic N) is 3. The van der Waals surface area contributed by atoms with Crippen molar-refractivity contribution < 1.29 is 5.11 Å². The SMILES string of the molecule is CN1CCN([C@@H]2C[C@@H]3CN(Cc4csc5ccccc45)C[C@@H]3C[C@H]2O)CC1. The maximum Gasteiger partial charge on any atom is 0.0698 e. The van der Waals surface area contributed by atoms with Crippen molar-refractivity contribution in [3.63, 3.8) is 0 Å². The molecule has 1 aliphatic carbocycles. The van der Waals surface area contributed by atoms with Gasteiger partial charge < -0.3 is 10.0 Å². The molecular weight excluding hydrogens is 354 g/mol. The lowest BCUT2D eigenvalue weighted by atomic mass is 9.77. The molecule has 146 valence electrons. The predicted molar refractivity (Wildman–Crippen MR) is 112 cm³/mol. The zero-order chi connectivity index (χ0) is 18.4. The van der Waals surface area contributed by atoms with Crippen molar-refractivity contribution in [3.05, 3.63) is 35.2 Å². The lowest BCUT2D eigenvalue weighted by molar-refractivity contribution is -0.0249. The van der Waals surface area contributed by atoms with Crippen LogP contribution in [0.3, 0.4) is 0 Å². The molecule has 3 heterocycles. The van der Waals surface area contributed by atoms with Crippen LogP contribution >= 0.6 is 11.3 Å². The number of aliphatic hydroxyl groups excluding tert-OH is 1. The van der Waals surface area contributed by atoms with Crippen molar-refractivity contribution in [2.24, 2.45) is 11.8 Å². The van der Waals surface area contributed by atoms with Gasteiger partial charge in [-0.2, -0.15) is 0 Å². The normalized spacial score (nSPS) is 33.6. The van der Waals surface area contributed by atoms with E-state index < -0.39 is 0 Å². The Balaban J connectivity index is 1.24. The van der Waals surface area contributed by atoms with Crippen LogP contribution in [-0.4, -0.2) is 78.3 Å². The maximum atomic E-state index is 10.8. The van der Waals surface area contributed by atoms with E-state index in [2.05, 4.69) is 51.4 Å². The van der Waals surface area contributed by atoms with E-state index in [1.54, 1.807) is 0 Å². The molecule has 0 spiro atoms. The van der Waals surface area contributed by atoms with Crippen LogP contribution in [0, 0.1) is 11.8 Å². The Bertz CT molecular complexity index is 785. The second-order valence-electron chi connectivity index (χ2n) is 8.92. The number of hydrogen-bond acceptors (Lipinski definition) is 5. The molecule has 0 radical (unpaired) electrons. The minimum atomic E-state index is -0.142. The molecule has 4 atom stereocenters. The number of piperazine rings is 1. The molecule has 5 heteroatoms. The van der Waals surface area contributed by atoms with Crippen LogP contribution in [0.25, 0.3) is 10.1 Å². The zero-order valence-electron chi connectivity index (χ0n) is 16.3. The largest absolute Gasteiger partial charge is 0.391 e. The molecule has 2 saturated heterocycles.